The van der Waals surface area contributed by atoms with Gasteiger partial charge in [-0.05, 0) is 24.6 Å². The summed E-state index contributed by atoms with van der Waals surface area (Å²) in [5, 5.41) is 24.1. The van der Waals surface area contributed by atoms with Crippen molar-refractivity contribution in [2.24, 2.45) is 0 Å². The molecule has 2 rings (SSSR count). The fraction of sp³-hybridized carbons (Fsp3) is 0.111. The van der Waals surface area contributed by atoms with E-state index in [1.807, 2.05) is 43.3 Å². The van der Waals surface area contributed by atoms with Crippen LogP contribution in [0.25, 0.3) is 0 Å². The second-order valence-corrected chi connectivity index (χ2v) is 4.97. The van der Waals surface area contributed by atoms with Crippen LogP contribution in [-0.4, -0.2) is 11.0 Å². The van der Waals surface area contributed by atoms with E-state index in [0.717, 1.165) is 5.56 Å². The Bertz CT molecular complexity index is 748. The van der Waals surface area contributed by atoms with Gasteiger partial charge in [-0.1, -0.05) is 36.4 Å². The Morgan fingerprint density at radius 2 is 1.96 bits per heavy atom. The number of amides is 1. The maximum absolute atomic E-state index is 12.1. The van der Waals surface area contributed by atoms with E-state index in [9.17, 15) is 9.90 Å². The average molecular weight is 307 g/mol. The molecule has 0 aliphatic heterocycles. The lowest BCUT2D eigenvalue weighted by Gasteiger charge is -2.12. The Hall–Kier alpha value is -3.26. The van der Waals surface area contributed by atoms with Crippen LogP contribution in [0.1, 0.15) is 18.5 Å². The zero-order chi connectivity index (χ0) is 16.7. The number of benzene rings is 2. The minimum atomic E-state index is -0.536. The largest absolute Gasteiger partial charge is 0.508 e. The second-order valence-electron chi connectivity index (χ2n) is 4.97. The second kappa shape index (κ2) is 7.66. The van der Waals surface area contributed by atoms with Crippen molar-refractivity contribution in [1.82, 2.24) is 5.32 Å². The molecule has 5 heteroatoms. The molecule has 2 aromatic rings. The molecule has 1 amide bonds. The van der Waals surface area contributed by atoms with Crippen LogP contribution in [-0.2, 0) is 4.79 Å². The Balaban J connectivity index is 2.04. The molecule has 3 N–H and O–H groups in total. The summed E-state index contributed by atoms with van der Waals surface area (Å²) >= 11 is 0. The SMILES string of the molecule is CC(N/C=C(/C#N)C(=O)Nc1cccc(O)c1)c1ccccc1. The molecule has 2 aromatic carbocycles. The van der Waals surface area contributed by atoms with Gasteiger partial charge in [-0.3, -0.25) is 4.79 Å². The standard InChI is InChI=1S/C18H17N3O2/c1-13(14-6-3-2-4-7-14)20-12-15(11-19)18(23)21-16-8-5-9-17(22)10-16/h2-10,12-13,20,22H,1H3,(H,21,23)/b15-12-. The smallest absolute Gasteiger partial charge is 0.267 e. The van der Waals surface area contributed by atoms with Gasteiger partial charge in [0.1, 0.15) is 17.4 Å². The highest BCUT2D eigenvalue weighted by Crippen LogP contribution is 2.16. The van der Waals surface area contributed by atoms with Gasteiger partial charge in [0.05, 0.1) is 0 Å². The topological polar surface area (TPSA) is 85.2 Å². The molecule has 0 aliphatic carbocycles. The number of hydrogen-bond acceptors (Lipinski definition) is 4. The Morgan fingerprint density at radius 1 is 1.22 bits per heavy atom. The van der Waals surface area contributed by atoms with Crippen LogP contribution >= 0.6 is 0 Å². The van der Waals surface area contributed by atoms with Crippen molar-refractivity contribution in [1.29, 1.82) is 5.26 Å². The summed E-state index contributed by atoms with van der Waals surface area (Å²) in [6.45, 7) is 1.94. The van der Waals surface area contributed by atoms with Gasteiger partial charge in [-0.15, -0.1) is 0 Å². The Kier molecular flexibility index (Phi) is 5.37. The molecule has 0 aliphatic rings. The Labute approximate surface area is 134 Å². The average Bonchev–Trinajstić information content (AvgIpc) is 2.56. The third kappa shape index (κ3) is 4.61. The first-order chi connectivity index (χ1) is 11.1. The number of phenols is 1. The van der Waals surface area contributed by atoms with Gasteiger partial charge in [0, 0.05) is 24.0 Å². The van der Waals surface area contributed by atoms with E-state index in [1.54, 1.807) is 12.1 Å². The normalized spacial score (nSPS) is 12.1. The highest BCUT2D eigenvalue weighted by Gasteiger charge is 2.10. The zero-order valence-electron chi connectivity index (χ0n) is 12.7. The van der Waals surface area contributed by atoms with Gasteiger partial charge in [0.15, 0.2) is 0 Å². The summed E-state index contributed by atoms with van der Waals surface area (Å²) in [6, 6.07) is 17.7. The number of nitriles is 1. The third-order valence-electron chi connectivity index (χ3n) is 3.25. The van der Waals surface area contributed by atoms with Gasteiger partial charge in [0.25, 0.3) is 5.91 Å². The van der Waals surface area contributed by atoms with Crippen LogP contribution in [0.2, 0.25) is 0 Å². The monoisotopic (exact) mass is 307 g/mol. The molecular weight excluding hydrogens is 290 g/mol. The summed E-state index contributed by atoms with van der Waals surface area (Å²) in [6.07, 6.45) is 1.40. The molecule has 0 heterocycles. The van der Waals surface area contributed by atoms with E-state index in [2.05, 4.69) is 10.6 Å². The Morgan fingerprint density at radius 3 is 2.61 bits per heavy atom. The number of nitrogens with one attached hydrogen (secondary N) is 2. The van der Waals surface area contributed by atoms with E-state index in [-0.39, 0.29) is 17.4 Å². The highest BCUT2D eigenvalue weighted by atomic mass is 16.3. The van der Waals surface area contributed by atoms with Crippen molar-refractivity contribution < 1.29 is 9.90 Å². The first-order valence-electron chi connectivity index (χ1n) is 7.12. The van der Waals surface area contributed by atoms with E-state index >= 15 is 0 Å². The molecule has 116 valence electrons. The molecule has 23 heavy (non-hydrogen) atoms. The number of aromatic hydroxyl groups is 1. The fourth-order valence-electron chi connectivity index (χ4n) is 1.98. The van der Waals surface area contributed by atoms with E-state index < -0.39 is 5.91 Å². The first-order valence-corrected chi connectivity index (χ1v) is 7.12. The number of carbonyl (C=O) groups excluding carboxylic acids is 1. The highest BCUT2D eigenvalue weighted by molar-refractivity contribution is 6.06. The lowest BCUT2D eigenvalue weighted by atomic mass is 10.1. The number of anilines is 1. The van der Waals surface area contributed by atoms with Crippen molar-refractivity contribution in [2.45, 2.75) is 13.0 Å². The maximum Gasteiger partial charge on any atom is 0.267 e. The van der Waals surface area contributed by atoms with Crippen molar-refractivity contribution >= 4 is 11.6 Å². The number of phenolic OH excluding ortho intramolecular Hbond substituents is 1. The number of rotatable bonds is 5. The number of carbonyl (C=O) groups is 1. The quantitative estimate of drug-likeness (QED) is 0.585. The molecule has 0 bridgehead atoms. The molecular formula is C18H17N3O2. The molecule has 0 aromatic heterocycles. The molecule has 0 saturated carbocycles. The van der Waals surface area contributed by atoms with Crippen LogP contribution in [0.3, 0.4) is 0 Å². The minimum absolute atomic E-state index is 0.0341. The van der Waals surface area contributed by atoms with Crippen LogP contribution < -0.4 is 10.6 Å². The third-order valence-corrected chi connectivity index (χ3v) is 3.25. The van der Waals surface area contributed by atoms with Crippen molar-refractivity contribution in [3.63, 3.8) is 0 Å². The van der Waals surface area contributed by atoms with E-state index in [0.29, 0.717) is 5.69 Å². The van der Waals surface area contributed by atoms with Crippen molar-refractivity contribution in [3.8, 4) is 11.8 Å². The summed E-state index contributed by atoms with van der Waals surface area (Å²) < 4.78 is 0. The fourth-order valence-corrected chi connectivity index (χ4v) is 1.98. The summed E-state index contributed by atoms with van der Waals surface area (Å²) in [5.74, 6) is -0.494. The van der Waals surface area contributed by atoms with Crippen molar-refractivity contribution in [3.05, 3.63) is 71.9 Å². The zero-order valence-corrected chi connectivity index (χ0v) is 12.7. The van der Waals surface area contributed by atoms with Crippen LogP contribution in [0.5, 0.6) is 5.75 Å². The lowest BCUT2D eigenvalue weighted by Crippen LogP contribution is -2.18. The van der Waals surface area contributed by atoms with Gasteiger partial charge >= 0.3 is 0 Å². The van der Waals surface area contributed by atoms with Gasteiger partial charge < -0.3 is 15.7 Å². The van der Waals surface area contributed by atoms with Crippen molar-refractivity contribution in [2.75, 3.05) is 5.32 Å². The maximum atomic E-state index is 12.1. The van der Waals surface area contributed by atoms with Gasteiger partial charge in [-0.2, -0.15) is 5.26 Å². The molecule has 0 saturated heterocycles. The predicted octanol–water partition coefficient (Wildman–Crippen LogP) is 3.09. The summed E-state index contributed by atoms with van der Waals surface area (Å²) in [5.41, 5.74) is 1.43. The molecule has 0 radical (unpaired) electrons. The molecule has 5 nitrogen and oxygen atoms in total. The molecule has 1 atom stereocenters. The van der Waals surface area contributed by atoms with Gasteiger partial charge in [-0.25, -0.2) is 0 Å². The summed E-state index contributed by atoms with van der Waals surface area (Å²) in [4.78, 5) is 12.1. The van der Waals surface area contributed by atoms with Gasteiger partial charge in [0.2, 0.25) is 0 Å². The number of nitrogens with zero attached hydrogens (tertiary/aromatic N) is 1. The minimum Gasteiger partial charge on any atom is -0.508 e. The number of hydrogen-bond donors (Lipinski definition) is 3. The van der Waals surface area contributed by atoms with E-state index in [1.165, 1.54) is 18.3 Å². The van der Waals surface area contributed by atoms with Crippen LogP contribution in [0, 0.1) is 11.3 Å². The van der Waals surface area contributed by atoms with Crippen LogP contribution in [0.4, 0.5) is 5.69 Å². The predicted molar refractivity (Wildman–Crippen MR) is 88.4 cm³/mol. The van der Waals surface area contributed by atoms with Crippen LogP contribution in [0.15, 0.2) is 66.4 Å². The molecule has 0 spiro atoms. The van der Waals surface area contributed by atoms with E-state index in [4.69, 9.17) is 5.26 Å². The lowest BCUT2D eigenvalue weighted by molar-refractivity contribution is -0.112. The molecule has 1 unspecified atom stereocenters. The first kappa shape index (κ1) is 16.1. The summed E-state index contributed by atoms with van der Waals surface area (Å²) in [7, 11) is 0. The molecule has 0 fully saturated rings.